The van der Waals surface area contributed by atoms with Gasteiger partial charge in [-0.25, -0.2) is 0 Å². The van der Waals surface area contributed by atoms with Crippen LogP contribution in [0.25, 0.3) is 28.0 Å². The van der Waals surface area contributed by atoms with Crippen LogP contribution >= 0.6 is 11.6 Å². The Morgan fingerprint density at radius 1 is 1.16 bits per heavy atom. The Bertz CT molecular complexity index is 1270. The number of nitrogens with zero attached hydrogens (tertiary/aromatic N) is 1. The highest BCUT2D eigenvalue weighted by molar-refractivity contribution is 6.38. The molecule has 2 aromatic carbocycles. The molecule has 5 rings (SSSR count). The Balaban J connectivity index is 1.55. The quantitative estimate of drug-likeness (QED) is 0.420. The summed E-state index contributed by atoms with van der Waals surface area (Å²) in [5.74, 6) is -0.553. The second-order valence-electron chi connectivity index (χ2n) is 7.42. The van der Waals surface area contributed by atoms with Crippen molar-refractivity contribution in [1.82, 2.24) is 5.16 Å². The van der Waals surface area contributed by atoms with Gasteiger partial charge in [-0.1, -0.05) is 41.9 Å². The van der Waals surface area contributed by atoms with Gasteiger partial charge in [0.15, 0.2) is 5.76 Å². The van der Waals surface area contributed by atoms with E-state index < -0.39 is 5.91 Å². The van der Waals surface area contributed by atoms with Crippen molar-refractivity contribution >= 4 is 40.1 Å². The van der Waals surface area contributed by atoms with Crippen LogP contribution in [0.2, 0.25) is 5.02 Å². The molecular weight excluding hydrogens is 432 g/mol. The Hall–Kier alpha value is -3.55. The van der Waals surface area contributed by atoms with Crippen molar-refractivity contribution in [2.75, 3.05) is 25.6 Å². The first kappa shape index (κ1) is 20.4. The van der Waals surface area contributed by atoms with Crippen LogP contribution in [0.15, 0.2) is 53.1 Å². The molecule has 162 valence electrons. The number of fused-ring (bicyclic) bond motifs is 1. The number of carbonyl (C=O) groups excluding carboxylic acids is 1. The molecule has 3 heterocycles. The Kier molecular flexibility index (Phi) is 5.20. The standard InChI is InChI=1S/C24H19ClN2O5/c1-30-21-12-20(32-27-21)23(28)22-17-10-16(18(25)11-19(17)26-24(22)29)15-4-2-13(3-5-15)14-6-8-31-9-7-14/h2-6,10-12,28H,7-9H2,1H3,(H,26,29). The highest BCUT2D eigenvalue weighted by Gasteiger charge is 2.31. The Morgan fingerprint density at radius 3 is 2.62 bits per heavy atom. The third-order valence-corrected chi connectivity index (χ3v) is 5.86. The Morgan fingerprint density at radius 2 is 1.94 bits per heavy atom. The predicted octanol–water partition coefficient (Wildman–Crippen LogP) is 5.19. The van der Waals surface area contributed by atoms with E-state index in [0.29, 0.717) is 22.9 Å². The van der Waals surface area contributed by atoms with Crippen molar-refractivity contribution in [3.63, 3.8) is 0 Å². The summed E-state index contributed by atoms with van der Waals surface area (Å²) >= 11 is 6.54. The van der Waals surface area contributed by atoms with Crippen LogP contribution in [-0.4, -0.2) is 36.5 Å². The molecule has 0 radical (unpaired) electrons. The van der Waals surface area contributed by atoms with Gasteiger partial charge in [0.25, 0.3) is 11.8 Å². The van der Waals surface area contributed by atoms with Crippen LogP contribution in [0.3, 0.4) is 0 Å². The number of rotatable bonds is 4. The topological polar surface area (TPSA) is 93.8 Å². The molecule has 2 aliphatic heterocycles. The van der Waals surface area contributed by atoms with E-state index >= 15 is 0 Å². The summed E-state index contributed by atoms with van der Waals surface area (Å²) in [5, 5.41) is 17.6. The molecular formula is C24H19ClN2O5. The first-order chi connectivity index (χ1) is 15.5. The highest BCUT2D eigenvalue weighted by Crippen LogP contribution is 2.42. The van der Waals surface area contributed by atoms with E-state index in [1.165, 1.54) is 18.7 Å². The molecule has 0 fully saturated rings. The largest absolute Gasteiger partial charge is 0.504 e. The lowest BCUT2D eigenvalue weighted by Crippen LogP contribution is -2.05. The van der Waals surface area contributed by atoms with Crippen LogP contribution in [0.4, 0.5) is 5.69 Å². The number of amides is 1. The summed E-state index contributed by atoms with van der Waals surface area (Å²) in [4.78, 5) is 12.6. The summed E-state index contributed by atoms with van der Waals surface area (Å²) in [7, 11) is 1.43. The van der Waals surface area contributed by atoms with Gasteiger partial charge in [0.1, 0.15) is 0 Å². The Labute approximate surface area is 188 Å². The molecule has 3 aromatic rings. The molecule has 2 aliphatic rings. The molecule has 8 heteroatoms. The number of carbonyl (C=O) groups is 1. The summed E-state index contributed by atoms with van der Waals surface area (Å²) in [5.41, 5.74) is 5.17. The number of aliphatic hydroxyl groups excluding tert-OH is 1. The fourth-order valence-electron chi connectivity index (χ4n) is 3.89. The van der Waals surface area contributed by atoms with E-state index in [1.54, 1.807) is 12.1 Å². The molecule has 0 saturated heterocycles. The molecule has 0 bridgehead atoms. The normalized spacial score (nSPS) is 16.9. The molecule has 0 spiro atoms. The number of methoxy groups -OCH3 is 1. The third kappa shape index (κ3) is 3.55. The number of hydrogen-bond donors (Lipinski definition) is 2. The van der Waals surface area contributed by atoms with E-state index in [1.807, 2.05) is 12.1 Å². The van der Waals surface area contributed by atoms with Crippen molar-refractivity contribution in [1.29, 1.82) is 0 Å². The monoisotopic (exact) mass is 450 g/mol. The number of ether oxygens (including phenoxy) is 2. The van der Waals surface area contributed by atoms with Gasteiger partial charge in [0.2, 0.25) is 5.76 Å². The van der Waals surface area contributed by atoms with Gasteiger partial charge in [0.05, 0.1) is 42.7 Å². The number of aliphatic hydroxyl groups is 1. The van der Waals surface area contributed by atoms with Gasteiger partial charge in [-0.05, 0) is 40.4 Å². The van der Waals surface area contributed by atoms with Crippen LogP contribution in [0, 0.1) is 0 Å². The summed E-state index contributed by atoms with van der Waals surface area (Å²) in [6.07, 6.45) is 2.98. The maximum Gasteiger partial charge on any atom is 0.260 e. The van der Waals surface area contributed by atoms with Crippen molar-refractivity contribution in [2.24, 2.45) is 0 Å². The lowest BCUT2D eigenvalue weighted by Gasteiger charge is -2.14. The predicted molar refractivity (Wildman–Crippen MR) is 121 cm³/mol. The molecule has 1 aromatic heterocycles. The van der Waals surface area contributed by atoms with E-state index in [4.69, 9.17) is 25.6 Å². The number of halogens is 1. The van der Waals surface area contributed by atoms with Crippen LogP contribution in [0.5, 0.6) is 5.88 Å². The molecule has 0 atom stereocenters. The maximum atomic E-state index is 12.6. The van der Waals surface area contributed by atoms with Gasteiger partial charge >= 0.3 is 0 Å². The number of anilines is 1. The van der Waals surface area contributed by atoms with Gasteiger partial charge in [-0.2, -0.15) is 0 Å². The molecule has 32 heavy (non-hydrogen) atoms. The average molecular weight is 451 g/mol. The lowest BCUT2D eigenvalue weighted by molar-refractivity contribution is -0.110. The minimum absolute atomic E-state index is 0.0328. The zero-order chi connectivity index (χ0) is 22.2. The number of hydrogen-bond acceptors (Lipinski definition) is 6. The summed E-state index contributed by atoms with van der Waals surface area (Å²) in [6.45, 7) is 1.35. The maximum absolute atomic E-state index is 12.6. The zero-order valence-corrected chi connectivity index (χ0v) is 17.9. The van der Waals surface area contributed by atoms with Crippen LogP contribution in [-0.2, 0) is 9.53 Å². The van der Waals surface area contributed by atoms with Gasteiger partial charge in [0, 0.05) is 11.1 Å². The molecule has 1 amide bonds. The van der Waals surface area contributed by atoms with Crippen molar-refractivity contribution in [3.05, 3.63) is 70.5 Å². The van der Waals surface area contributed by atoms with Gasteiger partial charge < -0.3 is 24.4 Å². The first-order valence-corrected chi connectivity index (χ1v) is 10.4. The highest BCUT2D eigenvalue weighted by atomic mass is 35.5. The fraction of sp³-hybridized carbons (Fsp3) is 0.167. The molecule has 0 aliphatic carbocycles. The van der Waals surface area contributed by atoms with Crippen LogP contribution in [0.1, 0.15) is 23.3 Å². The third-order valence-electron chi connectivity index (χ3n) is 5.55. The molecule has 0 saturated carbocycles. The van der Waals surface area contributed by atoms with E-state index in [-0.39, 0.29) is 23.0 Å². The minimum atomic E-state index is -0.456. The van der Waals surface area contributed by atoms with Crippen molar-refractivity contribution < 1.29 is 23.9 Å². The number of nitrogens with one attached hydrogen (secondary N) is 1. The molecule has 0 unspecified atom stereocenters. The SMILES string of the molecule is COc1cc(C(O)=C2C(=O)Nc3cc(Cl)c(-c4ccc(C5=CCOCC5)cc4)cc32)on1. The van der Waals surface area contributed by atoms with Crippen molar-refractivity contribution in [3.8, 4) is 17.0 Å². The summed E-state index contributed by atoms with van der Waals surface area (Å²) < 4.78 is 15.5. The second-order valence-corrected chi connectivity index (χ2v) is 7.83. The second kappa shape index (κ2) is 8.18. The smallest absolute Gasteiger partial charge is 0.260 e. The lowest BCUT2D eigenvalue weighted by atomic mass is 9.95. The minimum Gasteiger partial charge on any atom is -0.504 e. The molecule has 7 nitrogen and oxygen atoms in total. The first-order valence-electron chi connectivity index (χ1n) is 10.0. The van der Waals surface area contributed by atoms with E-state index in [2.05, 4.69) is 28.7 Å². The van der Waals surface area contributed by atoms with Crippen molar-refractivity contribution in [2.45, 2.75) is 6.42 Å². The fourth-order valence-corrected chi connectivity index (χ4v) is 4.16. The summed E-state index contributed by atoms with van der Waals surface area (Å²) in [6, 6.07) is 13.0. The van der Waals surface area contributed by atoms with Crippen LogP contribution < -0.4 is 10.1 Å². The van der Waals surface area contributed by atoms with Gasteiger partial charge in [-0.3, -0.25) is 4.79 Å². The number of benzene rings is 2. The molecule has 2 N–H and O–H groups in total. The zero-order valence-electron chi connectivity index (χ0n) is 17.1. The van der Waals surface area contributed by atoms with E-state index in [0.717, 1.165) is 29.7 Å². The average Bonchev–Trinajstić information content (AvgIpc) is 3.42. The van der Waals surface area contributed by atoms with E-state index in [9.17, 15) is 9.90 Å². The van der Waals surface area contributed by atoms with Gasteiger partial charge in [-0.15, -0.1) is 0 Å². The number of aromatic nitrogens is 1.